The molecule has 1 amide bonds. The molecule has 0 unspecified atom stereocenters. The van der Waals surface area contributed by atoms with Crippen molar-refractivity contribution in [3.63, 3.8) is 0 Å². The third-order valence-corrected chi connectivity index (χ3v) is 5.14. The molecule has 0 saturated heterocycles. The normalized spacial score (nSPS) is 10.7. The van der Waals surface area contributed by atoms with Crippen LogP contribution in [0.3, 0.4) is 0 Å². The van der Waals surface area contributed by atoms with E-state index in [4.69, 9.17) is 25.8 Å². The predicted molar refractivity (Wildman–Crippen MR) is 131 cm³/mol. The molecule has 0 spiro atoms. The van der Waals surface area contributed by atoms with Gasteiger partial charge in [-0.2, -0.15) is 5.26 Å². The first kappa shape index (κ1) is 25.1. The van der Waals surface area contributed by atoms with Gasteiger partial charge < -0.3 is 19.5 Å². The average molecular weight is 494 g/mol. The fourth-order valence-electron chi connectivity index (χ4n) is 3.06. The molecule has 3 aromatic carbocycles. The molecule has 0 heterocycles. The lowest BCUT2D eigenvalue weighted by molar-refractivity contribution is -0.384. The Balaban J connectivity index is 1.81. The Morgan fingerprint density at radius 3 is 2.40 bits per heavy atom. The number of hydrogen-bond donors (Lipinski definition) is 1. The number of para-hydroxylation sites is 1. The van der Waals surface area contributed by atoms with Crippen LogP contribution in [0.5, 0.6) is 17.2 Å². The zero-order valence-corrected chi connectivity index (χ0v) is 19.5. The summed E-state index contributed by atoms with van der Waals surface area (Å²) in [5, 5.41) is 23.4. The van der Waals surface area contributed by atoms with Gasteiger partial charge in [-0.25, -0.2) is 0 Å². The molecule has 0 atom stereocenters. The number of nitriles is 1. The SMILES string of the molecule is COc1cc(NC(=O)/C(C#N)=C/c2ccccc2OCc2ccc([N+](=O)[O-])cc2)c(OC)cc1Cl. The van der Waals surface area contributed by atoms with Crippen molar-refractivity contribution in [3.8, 4) is 23.3 Å². The number of anilines is 1. The molecule has 0 fully saturated rings. The molecule has 9 nitrogen and oxygen atoms in total. The number of rotatable bonds is 9. The highest BCUT2D eigenvalue weighted by molar-refractivity contribution is 6.32. The second-order valence-electron chi connectivity index (χ2n) is 7.06. The number of nitrogens with zero attached hydrogens (tertiary/aromatic N) is 2. The maximum atomic E-state index is 12.9. The van der Waals surface area contributed by atoms with E-state index in [1.165, 1.54) is 44.6 Å². The molecule has 10 heteroatoms. The van der Waals surface area contributed by atoms with Gasteiger partial charge in [-0.05, 0) is 29.8 Å². The van der Waals surface area contributed by atoms with Crippen molar-refractivity contribution in [2.45, 2.75) is 6.61 Å². The van der Waals surface area contributed by atoms with Gasteiger partial charge in [-0.15, -0.1) is 0 Å². The Kier molecular flexibility index (Phi) is 8.27. The number of hydrogen-bond acceptors (Lipinski definition) is 7. The third-order valence-electron chi connectivity index (χ3n) is 4.85. The van der Waals surface area contributed by atoms with Crippen LogP contribution >= 0.6 is 11.6 Å². The lowest BCUT2D eigenvalue weighted by atomic mass is 10.1. The van der Waals surface area contributed by atoms with E-state index >= 15 is 0 Å². The van der Waals surface area contributed by atoms with Gasteiger partial charge in [0.15, 0.2) is 0 Å². The van der Waals surface area contributed by atoms with Gasteiger partial charge in [0.05, 0.1) is 29.9 Å². The van der Waals surface area contributed by atoms with E-state index in [2.05, 4.69) is 5.32 Å². The van der Waals surface area contributed by atoms with Crippen LogP contribution in [-0.4, -0.2) is 25.1 Å². The molecule has 1 N–H and O–H groups in total. The number of carbonyl (C=O) groups excluding carboxylic acids is 1. The number of amides is 1. The van der Waals surface area contributed by atoms with Crippen LogP contribution in [0.1, 0.15) is 11.1 Å². The van der Waals surface area contributed by atoms with Crippen molar-refractivity contribution in [2.24, 2.45) is 0 Å². The van der Waals surface area contributed by atoms with Gasteiger partial charge in [-0.1, -0.05) is 29.8 Å². The standard InChI is InChI=1S/C25H20ClN3O6/c1-33-23-13-21(24(34-2)12-20(23)26)28-25(30)18(14-27)11-17-5-3-4-6-22(17)35-15-16-7-9-19(10-8-16)29(31)32/h3-13H,15H2,1-2H3,(H,28,30)/b18-11+. The highest BCUT2D eigenvalue weighted by Crippen LogP contribution is 2.36. The molecule has 3 aromatic rings. The number of methoxy groups -OCH3 is 2. The lowest BCUT2D eigenvalue weighted by Gasteiger charge is -2.13. The summed E-state index contributed by atoms with van der Waals surface area (Å²) in [6.07, 6.45) is 1.40. The minimum atomic E-state index is -0.666. The summed E-state index contributed by atoms with van der Waals surface area (Å²) in [4.78, 5) is 23.2. The highest BCUT2D eigenvalue weighted by atomic mass is 35.5. The van der Waals surface area contributed by atoms with E-state index in [9.17, 15) is 20.2 Å². The number of non-ortho nitro benzene ring substituents is 1. The Morgan fingerprint density at radius 1 is 1.09 bits per heavy atom. The van der Waals surface area contributed by atoms with Crippen molar-refractivity contribution < 1.29 is 23.9 Å². The third kappa shape index (κ3) is 6.28. The topological polar surface area (TPSA) is 124 Å². The summed E-state index contributed by atoms with van der Waals surface area (Å²) in [7, 11) is 2.86. The van der Waals surface area contributed by atoms with Gasteiger partial charge in [0, 0.05) is 29.8 Å². The van der Waals surface area contributed by atoms with Crippen LogP contribution in [0.4, 0.5) is 11.4 Å². The molecule has 0 radical (unpaired) electrons. The minimum absolute atomic E-state index is 0.0169. The van der Waals surface area contributed by atoms with Crippen LogP contribution in [0, 0.1) is 21.4 Å². The first-order chi connectivity index (χ1) is 16.9. The molecule has 35 heavy (non-hydrogen) atoms. The Hall–Kier alpha value is -4.55. The van der Waals surface area contributed by atoms with Gasteiger partial charge in [0.1, 0.15) is 35.5 Å². The Bertz CT molecular complexity index is 1320. The summed E-state index contributed by atoms with van der Waals surface area (Å²) in [5.41, 5.74) is 1.31. The van der Waals surface area contributed by atoms with Gasteiger partial charge in [0.2, 0.25) is 0 Å². The summed E-state index contributed by atoms with van der Waals surface area (Å²) in [5.74, 6) is 0.390. The van der Waals surface area contributed by atoms with Crippen molar-refractivity contribution in [1.29, 1.82) is 5.26 Å². The fraction of sp³-hybridized carbons (Fsp3) is 0.120. The van der Waals surface area contributed by atoms with E-state index in [1.807, 2.05) is 6.07 Å². The lowest BCUT2D eigenvalue weighted by Crippen LogP contribution is -2.14. The zero-order chi connectivity index (χ0) is 25.4. The van der Waals surface area contributed by atoms with E-state index in [1.54, 1.807) is 36.4 Å². The number of nitro groups is 1. The van der Waals surface area contributed by atoms with Crippen LogP contribution < -0.4 is 19.5 Å². The number of nitrogens with one attached hydrogen (secondary N) is 1. The highest BCUT2D eigenvalue weighted by Gasteiger charge is 2.16. The van der Waals surface area contributed by atoms with Crippen molar-refractivity contribution >= 4 is 35.0 Å². The van der Waals surface area contributed by atoms with Gasteiger partial charge in [-0.3, -0.25) is 14.9 Å². The maximum Gasteiger partial charge on any atom is 0.269 e. The van der Waals surface area contributed by atoms with Gasteiger partial charge >= 0.3 is 0 Å². The molecule has 0 aliphatic carbocycles. The minimum Gasteiger partial charge on any atom is -0.495 e. The molecule has 0 bridgehead atoms. The monoisotopic (exact) mass is 493 g/mol. The number of halogens is 1. The van der Waals surface area contributed by atoms with Crippen LogP contribution in [0.15, 0.2) is 66.2 Å². The largest absolute Gasteiger partial charge is 0.495 e. The van der Waals surface area contributed by atoms with E-state index in [0.717, 1.165) is 5.56 Å². The first-order valence-electron chi connectivity index (χ1n) is 10.2. The molecule has 0 aliphatic heterocycles. The summed E-state index contributed by atoms with van der Waals surface area (Å²) in [6.45, 7) is 0.138. The summed E-state index contributed by atoms with van der Waals surface area (Å²) < 4.78 is 16.3. The number of nitro benzene ring substituents is 1. The van der Waals surface area contributed by atoms with E-state index < -0.39 is 10.8 Å². The Labute approximate surface area is 206 Å². The van der Waals surface area contributed by atoms with Crippen LogP contribution in [0.2, 0.25) is 5.02 Å². The number of ether oxygens (including phenoxy) is 3. The molecule has 0 saturated carbocycles. The molecule has 178 valence electrons. The van der Waals surface area contributed by atoms with Gasteiger partial charge in [0.25, 0.3) is 11.6 Å². The van der Waals surface area contributed by atoms with Crippen LogP contribution in [-0.2, 0) is 11.4 Å². The van der Waals surface area contributed by atoms with E-state index in [-0.39, 0.29) is 23.6 Å². The average Bonchev–Trinajstić information content (AvgIpc) is 2.87. The smallest absolute Gasteiger partial charge is 0.269 e. The Morgan fingerprint density at radius 2 is 1.77 bits per heavy atom. The summed E-state index contributed by atoms with van der Waals surface area (Å²) in [6, 6.07) is 17.7. The van der Waals surface area contributed by atoms with Crippen LogP contribution in [0.25, 0.3) is 6.08 Å². The predicted octanol–water partition coefficient (Wildman–Crippen LogP) is 5.39. The van der Waals surface area contributed by atoms with Crippen molar-refractivity contribution in [2.75, 3.05) is 19.5 Å². The molecule has 3 rings (SSSR count). The molecular formula is C25H20ClN3O6. The quantitative estimate of drug-likeness (QED) is 0.183. The molecule has 0 aliphatic rings. The van der Waals surface area contributed by atoms with Crippen molar-refractivity contribution in [3.05, 3.63) is 92.5 Å². The van der Waals surface area contributed by atoms with E-state index in [0.29, 0.717) is 27.8 Å². The second-order valence-corrected chi connectivity index (χ2v) is 7.47. The molecule has 0 aromatic heterocycles. The van der Waals surface area contributed by atoms with Crippen molar-refractivity contribution in [1.82, 2.24) is 0 Å². The number of carbonyl (C=O) groups is 1. The first-order valence-corrected chi connectivity index (χ1v) is 10.5. The second kappa shape index (κ2) is 11.5. The zero-order valence-electron chi connectivity index (χ0n) is 18.8. The number of benzene rings is 3. The maximum absolute atomic E-state index is 12.9. The fourth-order valence-corrected chi connectivity index (χ4v) is 3.29. The summed E-state index contributed by atoms with van der Waals surface area (Å²) >= 11 is 6.10. The molecular weight excluding hydrogens is 474 g/mol.